The quantitative estimate of drug-likeness (QED) is 0.542. The smallest absolute Gasteiger partial charge is 0.225 e. The molecule has 0 aliphatic carbocycles. The van der Waals surface area contributed by atoms with Crippen molar-refractivity contribution in [3.05, 3.63) is 54.1 Å². The third-order valence-corrected chi connectivity index (χ3v) is 10.5. The number of hydrogen-bond acceptors (Lipinski definition) is 5. The van der Waals surface area contributed by atoms with E-state index in [-0.39, 0.29) is 11.5 Å². The van der Waals surface area contributed by atoms with Crippen molar-refractivity contribution in [1.29, 1.82) is 0 Å². The van der Waals surface area contributed by atoms with E-state index in [9.17, 15) is 4.39 Å². The highest BCUT2D eigenvalue weighted by molar-refractivity contribution is 8.34. The summed E-state index contributed by atoms with van der Waals surface area (Å²) in [7, 11) is -0.355. The van der Waals surface area contributed by atoms with Crippen LogP contribution in [0.25, 0.3) is 10.9 Å². The van der Waals surface area contributed by atoms with Gasteiger partial charge in [-0.3, -0.25) is 0 Å². The number of benzene rings is 1. The molecule has 0 bridgehead atoms. The van der Waals surface area contributed by atoms with Gasteiger partial charge in [0.1, 0.15) is 5.82 Å². The number of pyridine rings is 1. The van der Waals surface area contributed by atoms with Gasteiger partial charge in [0.2, 0.25) is 11.9 Å². The van der Waals surface area contributed by atoms with Crippen LogP contribution in [0.3, 0.4) is 0 Å². The van der Waals surface area contributed by atoms with Gasteiger partial charge in [-0.2, -0.15) is 9.37 Å². The van der Waals surface area contributed by atoms with Crippen LogP contribution in [-0.2, 0) is 6.54 Å². The summed E-state index contributed by atoms with van der Waals surface area (Å²) in [6.07, 6.45) is 4.40. The number of fused-ring (bicyclic) bond motifs is 1. The Morgan fingerprint density at radius 3 is 2.45 bits per heavy atom. The third kappa shape index (κ3) is 4.92. The van der Waals surface area contributed by atoms with Gasteiger partial charge in [0.25, 0.3) is 0 Å². The van der Waals surface area contributed by atoms with Crippen molar-refractivity contribution in [3.8, 4) is 0 Å². The first-order valence-electron chi connectivity index (χ1n) is 11.3. The topological polar surface area (TPSA) is 53.9 Å². The number of halogens is 1. The van der Waals surface area contributed by atoms with Crippen LogP contribution in [0, 0.1) is 5.95 Å². The fourth-order valence-electron chi connectivity index (χ4n) is 4.43. The minimum Gasteiger partial charge on any atom is -0.354 e. The van der Waals surface area contributed by atoms with Gasteiger partial charge < -0.3 is 10.2 Å². The standard InChI is InChI=1S/C22H26FN5S.C2H6.H2/c23-20-8-7-17(15-24-20)16-25-22-26-19-6-2-1-5-18(19)21(27-22)28-9-13-29(14-10-28)11-3-4-12-29;1-2;/h1-2,5-8,15H,3-4,9-14,16H2,(H,25,26,27);1-2H3;1H. The lowest BCUT2D eigenvalue weighted by Gasteiger charge is -2.44. The molecule has 1 N–H and O–H groups in total. The lowest BCUT2D eigenvalue weighted by Crippen LogP contribution is -2.39. The molecule has 0 unspecified atom stereocenters. The van der Waals surface area contributed by atoms with E-state index in [2.05, 4.69) is 27.3 Å². The molecule has 0 atom stereocenters. The number of nitrogens with one attached hydrogen (secondary N) is 1. The van der Waals surface area contributed by atoms with E-state index in [0.29, 0.717) is 12.5 Å². The number of rotatable bonds is 4. The second kappa shape index (κ2) is 9.81. The van der Waals surface area contributed by atoms with E-state index in [1.807, 2.05) is 26.0 Å². The molecule has 1 aromatic carbocycles. The van der Waals surface area contributed by atoms with Crippen molar-refractivity contribution in [1.82, 2.24) is 15.0 Å². The van der Waals surface area contributed by atoms with E-state index in [4.69, 9.17) is 9.97 Å². The molecule has 0 saturated carbocycles. The predicted molar refractivity (Wildman–Crippen MR) is 133 cm³/mol. The molecule has 4 heterocycles. The van der Waals surface area contributed by atoms with Crippen molar-refractivity contribution in [2.75, 3.05) is 46.3 Å². The SMILES string of the molecule is CC.Fc1ccc(CNc2nc(N3CCS4(CCCC4)CC3)c3ccccc3n2)cn1.[HH]. The van der Waals surface area contributed by atoms with Crippen LogP contribution < -0.4 is 10.2 Å². The molecule has 2 aliphatic heterocycles. The van der Waals surface area contributed by atoms with Gasteiger partial charge in [0.05, 0.1) is 5.52 Å². The van der Waals surface area contributed by atoms with Gasteiger partial charge in [-0.25, -0.2) is 20.0 Å². The molecule has 7 heteroatoms. The van der Waals surface area contributed by atoms with Crippen LogP contribution in [-0.4, -0.2) is 51.1 Å². The van der Waals surface area contributed by atoms with E-state index >= 15 is 0 Å². The average molecular weight is 444 g/mol. The van der Waals surface area contributed by atoms with Crippen molar-refractivity contribution in [3.63, 3.8) is 0 Å². The highest BCUT2D eigenvalue weighted by Gasteiger charge is 2.33. The maximum Gasteiger partial charge on any atom is 0.225 e. The second-order valence-electron chi connectivity index (χ2n) is 7.97. The molecule has 2 saturated heterocycles. The number of anilines is 2. The molecule has 2 fully saturated rings. The van der Waals surface area contributed by atoms with Crippen molar-refractivity contribution in [2.24, 2.45) is 0 Å². The van der Waals surface area contributed by atoms with E-state index in [0.717, 1.165) is 35.4 Å². The van der Waals surface area contributed by atoms with E-state index < -0.39 is 5.95 Å². The van der Waals surface area contributed by atoms with Gasteiger partial charge in [-0.05, 0) is 59.6 Å². The minimum absolute atomic E-state index is 0. The van der Waals surface area contributed by atoms with Crippen LogP contribution in [0.4, 0.5) is 16.2 Å². The number of para-hydroxylation sites is 1. The Morgan fingerprint density at radius 1 is 1.00 bits per heavy atom. The van der Waals surface area contributed by atoms with Gasteiger partial charge in [0.15, 0.2) is 0 Å². The fraction of sp³-hybridized carbons (Fsp3) is 0.458. The zero-order valence-corrected chi connectivity index (χ0v) is 19.3. The fourth-order valence-corrected chi connectivity index (χ4v) is 8.51. The first-order valence-corrected chi connectivity index (χ1v) is 13.6. The Kier molecular flexibility index (Phi) is 6.90. The summed E-state index contributed by atoms with van der Waals surface area (Å²) in [5.74, 6) is 6.81. The molecule has 2 aliphatic rings. The Bertz CT molecular complexity index is 1000. The van der Waals surface area contributed by atoms with E-state index in [1.54, 1.807) is 12.3 Å². The second-order valence-corrected chi connectivity index (χ2v) is 12.0. The van der Waals surface area contributed by atoms with Crippen molar-refractivity contribution in [2.45, 2.75) is 33.2 Å². The molecule has 168 valence electrons. The van der Waals surface area contributed by atoms with Crippen LogP contribution in [0.15, 0.2) is 42.6 Å². The summed E-state index contributed by atoms with van der Waals surface area (Å²) in [5.41, 5.74) is 1.85. The van der Waals surface area contributed by atoms with Gasteiger partial charge in [-0.15, -0.1) is 0 Å². The van der Waals surface area contributed by atoms with Crippen LogP contribution in [0.1, 0.15) is 33.7 Å². The highest BCUT2D eigenvalue weighted by atomic mass is 32.3. The normalized spacial score (nSPS) is 18.5. The number of nitrogens with zero attached hydrogens (tertiary/aromatic N) is 4. The molecule has 2 aromatic heterocycles. The summed E-state index contributed by atoms with van der Waals surface area (Å²) in [6.45, 7) is 6.70. The summed E-state index contributed by atoms with van der Waals surface area (Å²) in [6, 6.07) is 11.3. The largest absolute Gasteiger partial charge is 0.354 e. The lowest BCUT2D eigenvalue weighted by atomic mass is 10.2. The van der Waals surface area contributed by atoms with E-state index in [1.165, 1.54) is 41.9 Å². The molecule has 3 aromatic rings. The average Bonchev–Trinajstić information content (AvgIpc) is 3.28. The Hall–Kier alpha value is -2.41. The molecule has 31 heavy (non-hydrogen) atoms. The maximum absolute atomic E-state index is 13.0. The first-order chi connectivity index (χ1) is 15.2. The van der Waals surface area contributed by atoms with Crippen LogP contribution in [0.2, 0.25) is 0 Å². The summed E-state index contributed by atoms with van der Waals surface area (Å²) in [5, 5.41) is 4.40. The monoisotopic (exact) mass is 443 g/mol. The van der Waals surface area contributed by atoms with Gasteiger partial charge in [0, 0.05) is 32.6 Å². The summed E-state index contributed by atoms with van der Waals surface area (Å²) < 4.78 is 13.0. The third-order valence-electron chi connectivity index (χ3n) is 6.12. The minimum atomic E-state index is -0.467. The molecule has 0 amide bonds. The predicted octanol–water partition coefficient (Wildman–Crippen LogP) is 5.47. The number of aromatic nitrogens is 3. The Labute approximate surface area is 187 Å². The molecular formula is C24H34FN5S. The molecule has 1 spiro atoms. The maximum atomic E-state index is 13.0. The van der Waals surface area contributed by atoms with Gasteiger partial charge in [-0.1, -0.05) is 32.0 Å². The van der Waals surface area contributed by atoms with Crippen molar-refractivity contribution < 1.29 is 5.82 Å². The summed E-state index contributed by atoms with van der Waals surface area (Å²) in [4.78, 5) is 15.8. The van der Waals surface area contributed by atoms with Gasteiger partial charge >= 0.3 is 0 Å². The lowest BCUT2D eigenvalue weighted by molar-refractivity contribution is 0.582. The highest BCUT2D eigenvalue weighted by Crippen LogP contribution is 2.55. The Morgan fingerprint density at radius 2 is 1.74 bits per heavy atom. The number of hydrogen-bond donors (Lipinski definition) is 1. The Balaban J connectivity index is 0.000000938. The zero-order valence-electron chi connectivity index (χ0n) is 18.5. The summed E-state index contributed by atoms with van der Waals surface area (Å²) >= 11 is 0. The molecule has 5 rings (SSSR count). The van der Waals surface area contributed by atoms with Crippen LogP contribution >= 0.6 is 10.0 Å². The molecule has 0 radical (unpaired) electrons. The zero-order chi connectivity index (χ0) is 21.7. The molecular weight excluding hydrogens is 409 g/mol. The first kappa shape index (κ1) is 21.8. The van der Waals surface area contributed by atoms with Crippen molar-refractivity contribution >= 4 is 32.7 Å². The molecule has 5 nitrogen and oxygen atoms in total. The van der Waals surface area contributed by atoms with Crippen LogP contribution in [0.5, 0.6) is 0 Å².